The Morgan fingerprint density at radius 2 is 1.61 bits per heavy atom. The summed E-state index contributed by atoms with van der Waals surface area (Å²) in [5.74, 6) is -0.818. The van der Waals surface area contributed by atoms with Crippen molar-refractivity contribution in [3.63, 3.8) is 0 Å². The third kappa shape index (κ3) is 8.91. The molecule has 1 amide bonds. The highest BCUT2D eigenvalue weighted by Crippen LogP contribution is 2.31. The molecule has 0 radical (unpaired) electrons. The van der Waals surface area contributed by atoms with Gasteiger partial charge in [-0.3, -0.25) is 4.79 Å². The van der Waals surface area contributed by atoms with E-state index < -0.39 is 46.6 Å². The van der Waals surface area contributed by atoms with E-state index in [2.05, 4.69) is 35.6 Å². The summed E-state index contributed by atoms with van der Waals surface area (Å²) in [4.78, 5) is 23.2. The smallest absolute Gasteiger partial charge is 0.422 e. The molecular formula is C26H27F6N7O4S. The number of hydrogen-bond donors (Lipinski definition) is 3. The van der Waals surface area contributed by atoms with Crippen LogP contribution in [-0.4, -0.2) is 65.5 Å². The molecule has 0 bridgehead atoms. The van der Waals surface area contributed by atoms with Gasteiger partial charge in [0.05, 0.1) is 10.5 Å². The van der Waals surface area contributed by atoms with Gasteiger partial charge in [0, 0.05) is 36.9 Å². The van der Waals surface area contributed by atoms with Gasteiger partial charge in [-0.1, -0.05) is 13.0 Å². The molecule has 1 saturated heterocycles. The van der Waals surface area contributed by atoms with Gasteiger partial charge in [0.15, 0.2) is 6.61 Å². The van der Waals surface area contributed by atoms with Gasteiger partial charge >= 0.3 is 18.4 Å². The Labute approximate surface area is 248 Å². The van der Waals surface area contributed by atoms with Gasteiger partial charge in [-0.2, -0.15) is 45.6 Å². The molecule has 1 aromatic heterocycles. The van der Waals surface area contributed by atoms with Crippen molar-refractivity contribution in [2.45, 2.75) is 49.5 Å². The van der Waals surface area contributed by atoms with Crippen LogP contribution in [0.5, 0.6) is 6.01 Å². The maximum absolute atomic E-state index is 13.1. The molecule has 2 aromatic carbocycles. The van der Waals surface area contributed by atoms with Crippen LogP contribution in [0.3, 0.4) is 0 Å². The van der Waals surface area contributed by atoms with Crippen molar-refractivity contribution >= 4 is 39.2 Å². The molecule has 3 aromatic rings. The fourth-order valence-corrected chi connectivity index (χ4v) is 5.59. The van der Waals surface area contributed by atoms with Crippen LogP contribution < -0.4 is 20.7 Å². The second-order valence-corrected chi connectivity index (χ2v) is 11.6. The number of carbonyl (C=O) groups is 1. The number of alkyl halides is 6. The molecule has 0 aliphatic carbocycles. The Kier molecular flexibility index (Phi) is 9.82. The normalized spacial score (nSPS) is 15.1. The van der Waals surface area contributed by atoms with E-state index in [-0.39, 0.29) is 60.7 Å². The van der Waals surface area contributed by atoms with Gasteiger partial charge in [0.25, 0.3) is 0 Å². The zero-order valence-electron chi connectivity index (χ0n) is 23.0. The van der Waals surface area contributed by atoms with E-state index in [1.165, 1.54) is 34.6 Å². The minimum Gasteiger partial charge on any atom is -0.454 e. The lowest BCUT2D eigenvalue weighted by molar-refractivity contribution is -0.154. The molecule has 0 spiro atoms. The fraction of sp³-hybridized carbons (Fsp3) is 0.385. The maximum atomic E-state index is 13.1. The Morgan fingerprint density at radius 3 is 2.23 bits per heavy atom. The number of amides is 1. The van der Waals surface area contributed by atoms with Crippen molar-refractivity contribution < 1.29 is 44.3 Å². The molecule has 11 nitrogen and oxygen atoms in total. The van der Waals surface area contributed by atoms with E-state index in [9.17, 15) is 39.6 Å². The van der Waals surface area contributed by atoms with Crippen molar-refractivity contribution in [1.82, 2.24) is 19.3 Å². The van der Waals surface area contributed by atoms with Crippen LogP contribution in [0, 0.1) is 0 Å². The lowest BCUT2D eigenvalue weighted by Gasteiger charge is -2.31. The van der Waals surface area contributed by atoms with Crippen LogP contribution in [0.2, 0.25) is 0 Å². The van der Waals surface area contributed by atoms with Gasteiger partial charge in [-0.15, -0.1) is 0 Å². The van der Waals surface area contributed by atoms with Crippen molar-refractivity contribution in [2.24, 2.45) is 0 Å². The molecule has 0 unspecified atom stereocenters. The molecule has 0 saturated carbocycles. The van der Waals surface area contributed by atoms with E-state index >= 15 is 0 Å². The van der Waals surface area contributed by atoms with E-state index in [1.807, 2.05) is 0 Å². The first-order valence-corrected chi connectivity index (χ1v) is 14.6. The van der Waals surface area contributed by atoms with Gasteiger partial charge in [-0.05, 0) is 55.3 Å². The molecular weight excluding hydrogens is 620 g/mol. The third-order valence-electron chi connectivity index (χ3n) is 6.31. The average Bonchev–Trinajstić information content (AvgIpc) is 2.96. The van der Waals surface area contributed by atoms with Crippen molar-refractivity contribution in [1.29, 1.82) is 0 Å². The zero-order chi connectivity index (χ0) is 32.1. The summed E-state index contributed by atoms with van der Waals surface area (Å²) in [7, 11) is -3.86. The number of sulfonamides is 1. The Hall–Kier alpha value is -4.19. The SMILES string of the molecule is CCC(=O)Nc1ccc(S(=O)(=O)N2CCC(Nc3nc(Nc4cccc(C(F)(F)F)c4)nc(OCC(F)(F)F)n3)CC2)cc1. The van der Waals surface area contributed by atoms with Crippen molar-refractivity contribution in [3.8, 4) is 6.01 Å². The van der Waals surface area contributed by atoms with Gasteiger partial charge in [0.2, 0.25) is 27.8 Å². The predicted octanol–water partition coefficient (Wildman–Crippen LogP) is 5.19. The summed E-state index contributed by atoms with van der Waals surface area (Å²) >= 11 is 0. The summed E-state index contributed by atoms with van der Waals surface area (Å²) in [6.45, 7) is 0.144. The molecule has 0 atom stereocenters. The number of ether oxygens (including phenoxy) is 1. The quantitative estimate of drug-likeness (QED) is 0.254. The highest BCUT2D eigenvalue weighted by atomic mass is 32.2. The summed E-state index contributed by atoms with van der Waals surface area (Å²) in [5.41, 5.74) is -0.598. The van der Waals surface area contributed by atoms with E-state index in [0.29, 0.717) is 5.69 Å². The number of nitrogens with one attached hydrogen (secondary N) is 3. The number of hydrogen-bond acceptors (Lipinski definition) is 9. The minimum absolute atomic E-state index is 0.0348. The number of piperidine rings is 1. The predicted molar refractivity (Wildman–Crippen MR) is 147 cm³/mol. The van der Waals surface area contributed by atoms with Gasteiger partial charge in [0.1, 0.15) is 0 Å². The lowest BCUT2D eigenvalue weighted by Crippen LogP contribution is -2.42. The number of anilines is 4. The van der Waals surface area contributed by atoms with Crippen LogP contribution in [0.1, 0.15) is 31.7 Å². The van der Waals surface area contributed by atoms with Crippen LogP contribution >= 0.6 is 0 Å². The van der Waals surface area contributed by atoms with Crippen LogP contribution in [0.4, 0.5) is 49.6 Å². The number of carbonyl (C=O) groups excluding carboxylic acids is 1. The highest BCUT2D eigenvalue weighted by Gasteiger charge is 2.32. The number of halogens is 6. The van der Waals surface area contributed by atoms with E-state index in [0.717, 1.165) is 18.2 Å². The van der Waals surface area contributed by atoms with Gasteiger partial charge in [-0.25, -0.2) is 8.42 Å². The highest BCUT2D eigenvalue weighted by molar-refractivity contribution is 7.89. The lowest BCUT2D eigenvalue weighted by atomic mass is 10.1. The number of rotatable bonds is 10. The molecule has 18 heteroatoms. The maximum Gasteiger partial charge on any atom is 0.422 e. The van der Waals surface area contributed by atoms with Crippen LogP contribution in [0.25, 0.3) is 0 Å². The Bertz CT molecular complexity index is 1560. The van der Waals surface area contributed by atoms with Crippen molar-refractivity contribution in [3.05, 3.63) is 54.1 Å². The summed E-state index contributed by atoms with van der Waals surface area (Å²) in [6, 6.07) is 8.64. The number of nitrogens with zero attached hydrogens (tertiary/aromatic N) is 4. The number of aromatic nitrogens is 3. The van der Waals surface area contributed by atoms with Crippen molar-refractivity contribution in [2.75, 3.05) is 35.6 Å². The monoisotopic (exact) mass is 647 g/mol. The molecule has 3 N–H and O–H groups in total. The van der Waals surface area contributed by atoms with Crippen LogP contribution in [-0.2, 0) is 21.0 Å². The molecule has 1 aliphatic rings. The summed E-state index contributed by atoms with van der Waals surface area (Å²) in [5, 5.41) is 8.08. The first-order chi connectivity index (χ1) is 20.6. The van der Waals surface area contributed by atoms with Gasteiger partial charge < -0.3 is 20.7 Å². The first-order valence-electron chi connectivity index (χ1n) is 13.2. The van der Waals surface area contributed by atoms with E-state index in [1.54, 1.807) is 6.92 Å². The summed E-state index contributed by atoms with van der Waals surface area (Å²) < 4.78 is 110. The third-order valence-corrected chi connectivity index (χ3v) is 8.22. The zero-order valence-corrected chi connectivity index (χ0v) is 23.9. The molecule has 44 heavy (non-hydrogen) atoms. The molecule has 1 aliphatic heterocycles. The Morgan fingerprint density at radius 1 is 0.955 bits per heavy atom. The number of benzene rings is 2. The molecule has 1 fully saturated rings. The first kappa shape index (κ1) is 32.7. The second kappa shape index (κ2) is 13.2. The minimum atomic E-state index is -4.71. The Balaban J connectivity index is 1.45. The van der Waals surface area contributed by atoms with Crippen LogP contribution in [0.15, 0.2) is 53.4 Å². The second-order valence-electron chi connectivity index (χ2n) is 9.62. The standard InChI is InChI=1S/C26H27F6N7O4S/c1-2-21(40)33-17-6-8-20(9-7-17)44(41,42)39-12-10-18(11-13-39)34-22-36-23(38-24(37-22)43-15-25(27,28)29)35-19-5-3-4-16(14-19)26(30,31)32/h3-9,14,18H,2,10-13,15H2,1H3,(H,33,40)(H2,34,35,36,37,38). The average molecular weight is 648 g/mol. The molecule has 2 heterocycles. The summed E-state index contributed by atoms with van der Waals surface area (Å²) in [6.07, 6.45) is -8.54. The molecule has 238 valence electrons. The largest absolute Gasteiger partial charge is 0.454 e. The topological polar surface area (TPSA) is 138 Å². The molecule has 4 rings (SSSR count). The fourth-order valence-electron chi connectivity index (χ4n) is 4.12. The van der Waals surface area contributed by atoms with E-state index in [4.69, 9.17) is 0 Å².